The second kappa shape index (κ2) is 4.39. The molecule has 0 bridgehead atoms. The second-order valence-corrected chi connectivity index (χ2v) is 4.02. The maximum absolute atomic E-state index is 12.4. The van der Waals surface area contributed by atoms with Gasteiger partial charge in [0.05, 0.1) is 4.90 Å². The van der Waals surface area contributed by atoms with Gasteiger partial charge >= 0.3 is 10.2 Å². The fraction of sp³-hybridized carbons (Fsp3) is 0.250. The lowest BCUT2D eigenvalue weighted by Crippen LogP contribution is -2.12. The fourth-order valence-electron chi connectivity index (χ4n) is 0.952. The Kier molecular flexibility index (Phi) is 3.43. The first-order valence-electron chi connectivity index (χ1n) is 4.02. The smallest absolute Gasteiger partial charge is 0.332 e. The molecule has 0 fully saturated rings. The van der Waals surface area contributed by atoms with E-state index in [1.165, 1.54) is 24.3 Å². The highest BCUT2D eigenvalue weighted by Crippen LogP contribution is 2.15. The highest BCUT2D eigenvalue weighted by atomic mass is 32.3. The van der Waals surface area contributed by atoms with Gasteiger partial charge in [0.1, 0.15) is 0 Å². The van der Waals surface area contributed by atoms with E-state index in [1.54, 1.807) is 0 Å². The monoisotopic (exact) mass is 218 g/mol. The lowest BCUT2D eigenvalue weighted by Gasteiger charge is -2.03. The van der Waals surface area contributed by atoms with Crippen LogP contribution in [0.5, 0.6) is 0 Å². The fourth-order valence-corrected chi connectivity index (χ4v) is 1.41. The molecule has 4 nitrogen and oxygen atoms in total. The van der Waals surface area contributed by atoms with Gasteiger partial charge < -0.3 is 11.1 Å². The third-order valence-electron chi connectivity index (χ3n) is 1.61. The van der Waals surface area contributed by atoms with E-state index in [0.29, 0.717) is 18.8 Å². The van der Waals surface area contributed by atoms with E-state index < -0.39 is 10.2 Å². The largest absolute Gasteiger partial charge is 0.384 e. The zero-order valence-electron chi connectivity index (χ0n) is 7.40. The van der Waals surface area contributed by atoms with Gasteiger partial charge in [0, 0.05) is 18.8 Å². The standard InChI is InChI=1S/C8H11FN2O2S/c9-14(12,13)8-3-1-7(2-4-8)11-6-5-10/h1-4,11H,5-6,10H2. The van der Waals surface area contributed by atoms with Gasteiger partial charge in [-0.2, -0.15) is 8.42 Å². The molecule has 0 aliphatic rings. The minimum Gasteiger partial charge on any atom is -0.384 e. The molecule has 0 saturated heterocycles. The van der Waals surface area contributed by atoms with Gasteiger partial charge in [0.2, 0.25) is 0 Å². The molecule has 0 saturated carbocycles. The third-order valence-corrected chi connectivity index (χ3v) is 2.44. The average molecular weight is 218 g/mol. The first-order chi connectivity index (χ1) is 6.54. The van der Waals surface area contributed by atoms with Gasteiger partial charge in [0.15, 0.2) is 0 Å². The number of hydrogen-bond acceptors (Lipinski definition) is 4. The summed E-state index contributed by atoms with van der Waals surface area (Å²) in [5.41, 5.74) is 5.97. The first kappa shape index (κ1) is 10.9. The summed E-state index contributed by atoms with van der Waals surface area (Å²) >= 11 is 0. The average Bonchev–Trinajstić information content (AvgIpc) is 2.14. The highest BCUT2D eigenvalue weighted by Gasteiger charge is 2.10. The Morgan fingerprint density at radius 1 is 1.29 bits per heavy atom. The SMILES string of the molecule is NCCNc1ccc(S(=O)(=O)F)cc1. The molecule has 1 aromatic carbocycles. The van der Waals surface area contributed by atoms with Crippen molar-refractivity contribution < 1.29 is 12.3 Å². The summed E-state index contributed by atoms with van der Waals surface area (Å²) in [6.45, 7) is 1.06. The summed E-state index contributed by atoms with van der Waals surface area (Å²) in [4.78, 5) is -0.337. The van der Waals surface area contributed by atoms with Gasteiger partial charge in [-0.3, -0.25) is 0 Å². The van der Waals surface area contributed by atoms with Crippen LogP contribution < -0.4 is 11.1 Å². The van der Waals surface area contributed by atoms with Crippen molar-refractivity contribution in [2.45, 2.75) is 4.90 Å². The van der Waals surface area contributed by atoms with E-state index in [-0.39, 0.29) is 4.90 Å². The van der Waals surface area contributed by atoms with Gasteiger partial charge in [-0.05, 0) is 24.3 Å². The Balaban J connectivity index is 2.79. The van der Waals surface area contributed by atoms with Crippen LogP contribution in [0.3, 0.4) is 0 Å². The Morgan fingerprint density at radius 3 is 2.29 bits per heavy atom. The van der Waals surface area contributed by atoms with Gasteiger partial charge in [-0.15, -0.1) is 3.89 Å². The van der Waals surface area contributed by atoms with Gasteiger partial charge in [-0.25, -0.2) is 0 Å². The molecule has 1 rings (SSSR count). The summed E-state index contributed by atoms with van der Waals surface area (Å²) in [5, 5.41) is 2.93. The lowest BCUT2D eigenvalue weighted by molar-refractivity contribution is 0.552. The van der Waals surface area contributed by atoms with Crippen LogP contribution in [0.4, 0.5) is 9.57 Å². The van der Waals surface area contributed by atoms with Crippen LogP contribution in [-0.2, 0) is 10.2 Å². The summed E-state index contributed by atoms with van der Waals surface area (Å²) in [7, 11) is -4.59. The number of benzene rings is 1. The molecule has 0 aromatic heterocycles. The van der Waals surface area contributed by atoms with Crippen molar-refractivity contribution in [1.29, 1.82) is 0 Å². The topological polar surface area (TPSA) is 72.2 Å². The summed E-state index contributed by atoms with van der Waals surface area (Å²) < 4.78 is 33.3. The summed E-state index contributed by atoms with van der Waals surface area (Å²) in [5.74, 6) is 0. The minimum atomic E-state index is -4.59. The molecule has 6 heteroatoms. The molecule has 14 heavy (non-hydrogen) atoms. The summed E-state index contributed by atoms with van der Waals surface area (Å²) in [6.07, 6.45) is 0. The number of anilines is 1. The molecule has 1 aromatic rings. The van der Waals surface area contributed by atoms with Crippen LogP contribution in [0.25, 0.3) is 0 Å². The van der Waals surface area contributed by atoms with Crippen molar-refractivity contribution in [1.82, 2.24) is 0 Å². The molecule has 0 amide bonds. The zero-order valence-corrected chi connectivity index (χ0v) is 8.22. The predicted molar refractivity (Wildman–Crippen MR) is 52.3 cm³/mol. The molecule has 0 aliphatic heterocycles. The van der Waals surface area contributed by atoms with Crippen LogP contribution in [0.1, 0.15) is 0 Å². The zero-order chi connectivity index (χ0) is 10.6. The molecule has 3 N–H and O–H groups in total. The van der Waals surface area contributed by atoms with Crippen LogP contribution in [-0.4, -0.2) is 21.5 Å². The number of halogens is 1. The number of nitrogens with one attached hydrogen (secondary N) is 1. The van der Waals surface area contributed by atoms with Gasteiger partial charge in [-0.1, -0.05) is 0 Å². The lowest BCUT2D eigenvalue weighted by atomic mass is 10.3. The van der Waals surface area contributed by atoms with Crippen molar-refractivity contribution in [2.75, 3.05) is 18.4 Å². The quantitative estimate of drug-likeness (QED) is 0.730. The Morgan fingerprint density at radius 2 is 1.86 bits per heavy atom. The van der Waals surface area contributed by atoms with Crippen LogP contribution in [0.2, 0.25) is 0 Å². The normalized spacial score (nSPS) is 11.3. The van der Waals surface area contributed by atoms with Crippen molar-refractivity contribution >= 4 is 15.9 Å². The Bertz CT molecular complexity index is 388. The summed E-state index contributed by atoms with van der Waals surface area (Å²) in [6, 6.07) is 5.38. The van der Waals surface area contributed by atoms with Crippen molar-refractivity contribution in [3.8, 4) is 0 Å². The third kappa shape index (κ3) is 2.97. The minimum absolute atomic E-state index is 0.337. The predicted octanol–water partition coefficient (Wildman–Crippen LogP) is 0.715. The number of hydrogen-bond donors (Lipinski definition) is 2. The van der Waals surface area contributed by atoms with E-state index >= 15 is 0 Å². The molecule has 0 spiro atoms. The number of nitrogens with two attached hydrogens (primary N) is 1. The van der Waals surface area contributed by atoms with E-state index in [0.717, 1.165) is 0 Å². The Labute approximate surface area is 82.1 Å². The van der Waals surface area contributed by atoms with Gasteiger partial charge in [0.25, 0.3) is 0 Å². The van der Waals surface area contributed by atoms with Crippen LogP contribution in [0, 0.1) is 0 Å². The van der Waals surface area contributed by atoms with Crippen molar-refractivity contribution in [3.63, 3.8) is 0 Å². The van der Waals surface area contributed by atoms with E-state index in [2.05, 4.69) is 5.32 Å². The molecule has 0 heterocycles. The van der Waals surface area contributed by atoms with Crippen LogP contribution >= 0.6 is 0 Å². The molecule has 0 aliphatic carbocycles. The van der Waals surface area contributed by atoms with Crippen molar-refractivity contribution in [2.24, 2.45) is 5.73 Å². The van der Waals surface area contributed by atoms with E-state index in [9.17, 15) is 12.3 Å². The highest BCUT2D eigenvalue weighted by molar-refractivity contribution is 7.86. The van der Waals surface area contributed by atoms with Crippen molar-refractivity contribution in [3.05, 3.63) is 24.3 Å². The van der Waals surface area contributed by atoms with E-state index in [4.69, 9.17) is 5.73 Å². The number of rotatable bonds is 4. The molecule has 0 radical (unpaired) electrons. The Hall–Kier alpha value is -1.14. The second-order valence-electron chi connectivity index (χ2n) is 2.68. The molecular weight excluding hydrogens is 207 g/mol. The molecule has 0 unspecified atom stereocenters. The van der Waals surface area contributed by atoms with E-state index in [1.807, 2.05) is 0 Å². The molecule has 78 valence electrons. The molecular formula is C8H11FN2O2S. The molecule has 0 atom stereocenters. The maximum atomic E-state index is 12.4. The van der Waals surface area contributed by atoms with Crippen LogP contribution in [0.15, 0.2) is 29.2 Å². The maximum Gasteiger partial charge on any atom is 0.332 e. The first-order valence-corrected chi connectivity index (χ1v) is 5.41.